The maximum Gasteiger partial charge on any atom is 0.124 e. The molecular formula is C10H12N2S2. The van der Waals surface area contributed by atoms with E-state index in [2.05, 4.69) is 39.4 Å². The first-order valence-corrected chi connectivity index (χ1v) is 6.40. The maximum absolute atomic E-state index is 4.55. The summed E-state index contributed by atoms with van der Waals surface area (Å²) in [5.74, 6) is 0. The molecule has 0 bridgehead atoms. The lowest BCUT2D eigenvalue weighted by Crippen LogP contribution is -2.11. The highest BCUT2D eigenvalue weighted by Gasteiger charge is 2.03. The van der Waals surface area contributed by atoms with Gasteiger partial charge in [0.15, 0.2) is 0 Å². The van der Waals surface area contributed by atoms with Crippen LogP contribution in [0.4, 0.5) is 0 Å². The third kappa shape index (κ3) is 2.20. The molecule has 2 aromatic heterocycles. The van der Waals surface area contributed by atoms with Gasteiger partial charge in [0.25, 0.3) is 0 Å². The van der Waals surface area contributed by atoms with Gasteiger partial charge in [-0.25, -0.2) is 4.98 Å². The molecule has 0 aliphatic rings. The molecule has 74 valence electrons. The molecule has 2 heterocycles. The fourth-order valence-corrected chi connectivity index (χ4v) is 2.69. The second-order valence-corrected chi connectivity index (χ2v) is 4.57. The zero-order valence-corrected chi connectivity index (χ0v) is 9.62. The van der Waals surface area contributed by atoms with Gasteiger partial charge in [-0.1, -0.05) is 6.92 Å². The number of rotatable bonds is 4. The van der Waals surface area contributed by atoms with Crippen LogP contribution in [0.1, 0.15) is 12.6 Å². The van der Waals surface area contributed by atoms with E-state index in [9.17, 15) is 0 Å². The summed E-state index contributed by atoms with van der Waals surface area (Å²) in [4.78, 5) is 4.55. The standard InChI is InChI=1S/C10H12N2S2/c1-2-11-5-9-7-14-10(12-9)8-3-4-13-6-8/h3-4,6-7,11H,2,5H2,1H3. The third-order valence-corrected chi connectivity index (χ3v) is 3.50. The zero-order valence-electron chi connectivity index (χ0n) is 7.99. The summed E-state index contributed by atoms with van der Waals surface area (Å²) in [5.41, 5.74) is 2.38. The Morgan fingerprint density at radius 2 is 2.36 bits per heavy atom. The lowest BCUT2D eigenvalue weighted by atomic mass is 10.3. The molecule has 0 saturated carbocycles. The fourth-order valence-electron chi connectivity index (χ4n) is 1.16. The molecule has 0 aliphatic carbocycles. The molecule has 0 spiro atoms. The minimum atomic E-state index is 0.872. The van der Waals surface area contributed by atoms with Crippen LogP contribution in [0.5, 0.6) is 0 Å². The second-order valence-electron chi connectivity index (χ2n) is 2.94. The van der Waals surface area contributed by atoms with E-state index in [1.165, 1.54) is 5.56 Å². The van der Waals surface area contributed by atoms with E-state index >= 15 is 0 Å². The van der Waals surface area contributed by atoms with E-state index in [0.717, 1.165) is 23.8 Å². The minimum Gasteiger partial charge on any atom is -0.311 e. The summed E-state index contributed by atoms with van der Waals surface area (Å²) in [6.07, 6.45) is 0. The summed E-state index contributed by atoms with van der Waals surface area (Å²) in [6, 6.07) is 2.11. The smallest absolute Gasteiger partial charge is 0.124 e. The molecule has 2 nitrogen and oxygen atoms in total. The van der Waals surface area contributed by atoms with Crippen molar-refractivity contribution in [3.05, 3.63) is 27.9 Å². The van der Waals surface area contributed by atoms with Gasteiger partial charge in [0.1, 0.15) is 5.01 Å². The fraction of sp³-hybridized carbons (Fsp3) is 0.300. The van der Waals surface area contributed by atoms with Crippen molar-refractivity contribution in [1.29, 1.82) is 0 Å². The number of nitrogens with one attached hydrogen (secondary N) is 1. The Hall–Kier alpha value is -0.710. The third-order valence-electron chi connectivity index (χ3n) is 1.88. The van der Waals surface area contributed by atoms with Crippen molar-refractivity contribution in [2.75, 3.05) is 6.54 Å². The van der Waals surface area contributed by atoms with E-state index in [1.807, 2.05) is 0 Å². The second kappa shape index (κ2) is 4.68. The predicted octanol–water partition coefficient (Wildman–Crippen LogP) is 2.98. The summed E-state index contributed by atoms with van der Waals surface area (Å²) in [5, 5.41) is 10.7. The lowest BCUT2D eigenvalue weighted by molar-refractivity contribution is 0.715. The van der Waals surface area contributed by atoms with Gasteiger partial charge in [0.05, 0.1) is 5.69 Å². The first-order chi connectivity index (χ1) is 6.90. The van der Waals surface area contributed by atoms with Crippen molar-refractivity contribution in [3.8, 4) is 10.6 Å². The molecule has 2 rings (SSSR count). The molecule has 0 aliphatic heterocycles. The highest BCUT2D eigenvalue weighted by Crippen LogP contribution is 2.25. The lowest BCUT2D eigenvalue weighted by Gasteiger charge is -1.95. The van der Waals surface area contributed by atoms with Crippen molar-refractivity contribution in [2.24, 2.45) is 0 Å². The maximum atomic E-state index is 4.55. The summed E-state index contributed by atoms with van der Waals surface area (Å²) < 4.78 is 0. The van der Waals surface area contributed by atoms with Crippen LogP contribution in [-0.4, -0.2) is 11.5 Å². The van der Waals surface area contributed by atoms with Crippen LogP contribution in [0.15, 0.2) is 22.2 Å². The number of thiazole rings is 1. The number of hydrogen-bond donors (Lipinski definition) is 1. The van der Waals surface area contributed by atoms with E-state index in [0.29, 0.717) is 0 Å². The Labute approximate surface area is 91.6 Å². The van der Waals surface area contributed by atoms with Crippen LogP contribution in [0.2, 0.25) is 0 Å². The Morgan fingerprint density at radius 3 is 3.07 bits per heavy atom. The van der Waals surface area contributed by atoms with Gasteiger partial charge in [0.2, 0.25) is 0 Å². The van der Waals surface area contributed by atoms with Gasteiger partial charge in [0, 0.05) is 22.9 Å². The van der Waals surface area contributed by atoms with Gasteiger partial charge >= 0.3 is 0 Å². The molecule has 4 heteroatoms. The number of thiophene rings is 1. The molecule has 0 amide bonds. The summed E-state index contributed by atoms with van der Waals surface area (Å²) in [6.45, 7) is 3.97. The zero-order chi connectivity index (χ0) is 9.80. The van der Waals surface area contributed by atoms with Crippen LogP contribution in [0.25, 0.3) is 10.6 Å². The van der Waals surface area contributed by atoms with Gasteiger partial charge in [-0.15, -0.1) is 11.3 Å². The van der Waals surface area contributed by atoms with Crippen molar-refractivity contribution in [1.82, 2.24) is 10.3 Å². The monoisotopic (exact) mass is 224 g/mol. The molecule has 0 radical (unpaired) electrons. The highest BCUT2D eigenvalue weighted by molar-refractivity contribution is 7.14. The molecule has 0 saturated heterocycles. The van der Waals surface area contributed by atoms with Gasteiger partial charge < -0.3 is 5.32 Å². The normalized spacial score (nSPS) is 10.6. The molecule has 14 heavy (non-hydrogen) atoms. The topological polar surface area (TPSA) is 24.9 Å². The van der Waals surface area contributed by atoms with Gasteiger partial charge in [-0.3, -0.25) is 0 Å². The average Bonchev–Trinajstić information content (AvgIpc) is 2.85. The Morgan fingerprint density at radius 1 is 1.43 bits per heavy atom. The Kier molecular flexibility index (Phi) is 3.29. The number of nitrogens with zero attached hydrogens (tertiary/aromatic N) is 1. The summed E-state index contributed by atoms with van der Waals surface area (Å²) >= 11 is 3.43. The first-order valence-electron chi connectivity index (χ1n) is 4.58. The number of hydrogen-bond acceptors (Lipinski definition) is 4. The van der Waals surface area contributed by atoms with Crippen LogP contribution >= 0.6 is 22.7 Å². The molecule has 1 N–H and O–H groups in total. The van der Waals surface area contributed by atoms with Crippen molar-refractivity contribution in [3.63, 3.8) is 0 Å². The van der Waals surface area contributed by atoms with E-state index in [-0.39, 0.29) is 0 Å². The molecule has 2 aromatic rings. The van der Waals surface area contributed by atoms with E-state index < -0.39 is 0 Å². The minimum absolute atomic E-state index is 0.872. The van der Waals surface area contributed by atoms with Crippen molar-refractivity contribution in [2.45, 2.75) is 13.5 Å². The van der Waals surface area contributed by atoms with E-state index in [4.69, 9.17) is 0 Å². The van der Waals surface area contributed by atoms with Crippen molar-refractivity contribution < 1.29 is 0 Å². The molecular weight excluding hydrogens is 212 g/mol. The van der Waals surface area contributed by atoms with Crippen LogP contribution < -0.4 is 5.32 Å². The Bertz CT molecular complexity index is 378. The predicted molar refractivity (Wildman–Crippen MR) is 62.8 cm³/mol. The van der Waals surface area contributed by atoms with Crippen LogP contribution in [0.3, 0.4) is 0 Å². The quantitative estimate of drug-likeness (QED) is 0.863. The number of aromatic nitrogens is 1. The van der Waals surface area contributed by atoms with Gasteiger partial charge in [-0.2, -0.15) is 11.3 Å². The molecule has 0 fully saturated rings. The summed E-state index contributed by atoms with van der Waals surface area (Å²) in [7, 11) is 0. The van der Waals surface area contributed by atoms with Crippen LogP contribution in [-0.2, 0) is 6.54 Å². The van der Waals surface area contributed by atoms with Gasteiger partial charge in [-0.05, 0) is 18.0 Å². The molecule has 0 aromatic carbocycles. The van der Waals surface area contributed by atoms with Crippen molar-refractivity contribution >= 4 is 22.7 Å². The van der Waals surface area contributed by atoms with E-state index in [1.54, 1.807) is 22.7 Å². The Balaban J connectivity index is 2.10. The molecule has 0 unspecified atom stereocenters. The average molecular weight is 224 g/mol. The molecule has 0 atom stereocenters. The van der Waals surface area contributed by atoms with Crippen LogP contribution in [0, 0.1) is 0 Å². The first kappa shape index (κ1) is 9.83. The SMILES string of the molecule is CCNCc1csc(-c2ccsc2)n1. The highest BCUT2D eigenvalue weighted by atomic mass is 32.1. The largest absolute Gasteiger partial charge is 0.311 e.